The standard InChI is InChI=1S/C20H21N5O3/c1-13-10-16(19(26)22-12-14-6-8-21-9-7-14)25-20(23-13)24-15-4-5-17(27-2)18(11-15)28-3/h4-11H,12H2,1-3H3,(H,22,26)(H,23,24,25). The van der Waals surface area contributed by atoms with E-state index in [9.17, 15) is 4.79 Å². The van der Waals surface area contributed by atoms with E-state index in [0.29, 0.717) is 35.4 Å². The number of nitrogens with zero attached hydrogens (tertiary/aromatic N) is 3. The van der Waals surface area contributed by atoms with Crippen LogP contribution in [0.2, 0.25) is 0 Å². The van der Waals surface area contributed by atoms with Crippen molar-refractivity contribution >= 4 is 17.5 Å². The maximum absolute atomic E-state index is 12.5. The van der Waals surface area contributed by atoms with Crippen molar-refractivity contribution in [3.8, 4) is 11.5 Å². The molecule has 2 N–H and O–H groups in total. The van der Waals surface area contributed by atoms with Crippen LogP contribution in [0.25, 0.3) is 0 Å². The normalized spacial score (nSPS) is 10.2. The van der Waals surface area contributed by atoms with E-state index in [2.05, 4.69) is 25.6 Å². The van der Waals surface area contributed by atoms with Gasteiger partial charge in [-0.15, -0.1) is 0 Å². The lowest BCUT2D eigenvalue weighted by molar-refractivity contribution is 0.0945. The molecule has 8 heteroatoms. The average molecular weight is 379 g/mol. The van der Waals surface area contributed by atoms with Crippen molar-refractivity contribution < 1.29 is 14.3 Å². The molecule has 0 aliphatic rings. The number of carbonyl (C=O) groups is 1. The molecule has 3 rings (SSSR count). The Morgan fingerprint density at radius 1 is 1.00 bits per heavy atom. The number of aromatic nitrogens is 3. The second-order valence-electron chi connectivity index (χ2n) is 5.95. The van der Waals surface area contributed by atoms with Crippen LogP contribution >= 0.6 is 0 Å². The van der Waals surface area contributed by atoms with Gasteiger partial charge in [0.25, 0.3) is 5.91 Å². The SMILES string of the molecule is COc1ccc(Nc2nc(C)cc(C(=O)NCc3ccncc3)n2)cc1OC. The van der Waals surface area contributed by atoms with Gasteiger partial charge in [0.1, 0.15) is 5.69 Å². The third kappa shape index (κ3) is 4.73. The first-order valence-corrected chi connectivity index (χ1v) is 8.61. The maximum Gasteiger partial charge on any atom is 0.270 e. The lowest BCUT2D eigenvalue weighted by Gasteiger charge is -2.11. The number of pyridine rings is 1. The Morgan fingerprint density at radius 3 is 2.46 bits per heavy atom. The molecule has 0 radical (unpaired) electrons. The first kappa shape index (κ1) is 19.1. The predicted molar refractivity (Wildman–Crippen MR) is 105 cm³/mol. The highest BCUT2D eigenvalue weighted by Gasteiger charge is 2.12. The van der Waals surface area contributed by atoms with Crippen LogP contribution in [-0.4, -0.2) is 35.1 Å². The fourth-order valence-corrected chi connectivity index (χ4v) is 2.56. The quantitative estimate of drug-likeness (QED) is 0.651. The summed E-state index contributed by atoms with van der Waals surface area (Å²) in [5.41, 5.74) is 2.63. The molecule has 0 atom stereocenters. The zero-order chi connectivity index (χ0) is 19.9. The van der Waals surface area contributed by atoms with Gasteiger partial charge in [-0.3, -0.25) is 9.78 Å². The largest absolute Gasteiger partial charge is 0.493 e. The van der Waals surface area contributed by atoms with E-state index in [4.69, 9.17) is 9.47 Å². The molecule has 1 amide bonds. The summed E-state index contributed by atoms with van der Waals surface area (Å²) in [4.78, 5) is 25.1. The summed E-state index contributed by atoms with van der Waals surface area (Å²) in [6.07, 6.45) is 3.36. The molecular weight excluding hydrogens is 358 g/mol. The van der Waals surface area contributed by atoms with Gasteiger partial charge in [0, 0.05) is 36.4 Å². The molecule has 0 aliphatic heterocycles. The van der Waals surface area contributed by atoms with Gasteiger partial charge >= 0.3 is 0 Å². The summed E-state index contributed by atoms with van der Waals surface area (Å²) in [5, 5.41) is 5.94. The second-order valence-corrected chi connectivity index (χ2v) is 5.95. The number of aryl methyl sites for hydroxylation is 1. The Balaban J connectivity index is 1.75. The maximum atomic E-state index is 12.5. The first-order valence-electron chi connectivity index (χ1n) is 8.61. The van der Waals surface area contributed by atoms with E-state index in [1.807, 2.05) is 18.2 Å². The fourth-order valence-electron chi connectivity index (χ4n) is 2.56. The van der Waals surface area contributed by atoms with Gasteiger partial charge in [-0.25, -0.2) is 9.97 Å². The van der Waals surface area contributed by atoms with Crippen molar-refractivity contribution in [2.24, 2.45) is 0 Å². The summed E-state index contributed by atoms with van der Waals surface area (Å²) < 4.78 is 10.5. The molecule has 2 aromatic heterocycles. The number of anilines is 2. The molecule has 0 unspecified atom stereocenters. The highest BCUT2D eigenvalue weighted by atomic mass is 16.5. The zero-order valence-electron chi connectivity index (χ0n) is 15.9. The van der Waals surface area contributed by atoms with Crippen LogP contribution in [0.4, 0.5) is 11.6 Å². The minimum Gasteiger partial charge on any atom is -0.493 e. The molecule has 1 aromatic carbocycles. The first-order chi connectivity index (χ1) is 13.6. The Labute approximate surface area is 163 Å². The van der Waals surface area contributed by atoms with Crippen LogP contribution in [0, 0.1) is 6.92 Å². The van der Waals surface area contributed by atoms with Crippen LogP contribution in [0.3, 0.4) is 0 Å². The monoisotopic (exact) mass is 379 g/mol. The fraction of sp³-hybridized carbons (Fsp3) is 0.200. The van der Waals surface area contributed by atoms with Crippen molar-refractivity contribution in [3.05, 3.63) is 65.7 Å². The van der Waals surface area contributed by atoms with Crippen LogP contribution < -0.4 is 20.1 Å². The molecule has 8 nitrogen and oxygen atoms in total. The van der Waals surface area contributed by atoms with Crippen LogP contribution in [0.15, 0.2) is 48.8 Å². The summed E-state index contributed by atoms with van der Waals surface area (Å²) in [7, 11) is 3.14. The molecule has 144 valence electrons. The van der Waals surface area contributed by atoms with E-state index < -0.39 is 0 Å². The Kier molecular flexibility index (Phi) is 6.01. The molecule has 0 saturated carbocycles. The molecule has 28 heavy (non-hydrogen) atoms. The van der Waals surface area contributed by atoms with E-state index in [1.165, 1.54) is 0 Å². The molecule has 0 aliphatic carbocycles. The summed E-state index contributed by atoms with van der Waals surface area (Å²) >= 11 is 0. The lowest BCUT2D eigenvalue weighted by atomic mass is 10.2. The van der Waals surface area contributed by atoms with Gasteiger partial charge in [-0.05, 0) is 42.8 Å². The highest BCUT2D eigenvalue weighted by molar-refractivity contribution is 5.92. The number of benzene rings is 1. The third-order valence-corrected chi connectivity index (χ3v) is 3.93. The van der Waals surface area contributed by atoms with Gasteiger partial charge in [0.2, 0.25) is 5.95 Å². The number of rotatable bonds is 7. The van der Waals surface area contributed by atoms with E-state index in [1.54, 1.807) is 51.7 Å². The number of hydrogen-bond donors (Lipinski definition) is 2. The van der Waals surface area contributed by atoms with Gasteiger partial charge in [0.05, 0.1) is 14.2 Å². The zero-order valence-corrected chi connectivity index (χ0v) is 15.9. The molecule has 0 fully saturated rings. The number of carbonyl (C=O) groups excluding carboxylic acids is 1. The number of hydrogen-bond acceptors (Lipinski definition) is 7. The third-order valence-electron chi connectivity index (χ3n) is 3.93. The van der Waals surface area contributed by atoms with Gasteiger partial charge < -0.3 is 20.1 Å². The van der Waals surface area contributed by atoms with E-state index in [-0.39, 0.29) is 11.6 Å². The van der Waals surface area contributed by atoms with Gasteiger partial charge in [-0.1, -0.05) is 0 Å². The van der Waals surface area contributed by atoms with Crippen molar-refractivity contribution in [3.63, 3.8) is 0 Å². The van der Waals surface area contributed by atoms with Crippen LogP contribution in [0.1, 0.15) is 21.7 Å². The number of amides is 1. The summed E-state index contributed by atoms with van der Waals surface area (Å²) in [6, 6.07) is 10.7. The van der Waals surface area contributed by atoms with E-state index >= 15 is 0 Å². The smallest absolute Gasteiger partial charge is 0.270 e. The van der Waals surface area contributed by atoms with Gasteiger partial charge in [-0.2, -0.15) is 0 Å². The Hall–Kier alpha value is -3.68. The minimum absolute atomic E-state index is 0.280. The van der Waals surface area contributed by atoms with Crippen LogP contribution in [0.5, 0.6) is 11.5 Å². The van der Waals surface area contributed by atoms with E-state index in [0.717, 1.165) is 5.56 Å². The number of methoxy groups -OCH3 is 2. The summed E-state index contributed by atoms with van der Waals surface area (Å²) in [6.45, 7) is 2.20. The molecule has 2 heterocycles. The number of nitrogens with one attached hydrogen (secondary N) is 2. The molecular formula is C20H21N5O3. The number of ether oxygens (including phenoxy) is 2. The predicted octanol–water partition coefficient (Wildman–Crippen LogP) is 2.87. The summed E-state index contributed by atoms with van der Waals surface area (Å²) in [5.74, 6) is 1.24. The molecule has 3 aromatic rings. The minimum atomic E-state index is -0.280. The molecule has 0 saturated heterocycles. The second kappa shape index (κ2) is 8.81. The average Bonchev–Trinajstić information content (AvgIpc) is 2.72. The van der Waals surface area contributed by atoms with Crippen LogP contribution in [-0.2, 0) is 6.54 Å². The van der Waals surface area contributed by atoms with Crippen molar-refractivity contribution in [2.45, 2.75) is 13.5 Å². The van der Waals surface area contributed by atoms with Crippen molar-refractivity contribution in [2.75, 3.05) is 19.5 Å². The molecule has 0 bridgehead atoms. The Bertz CT molecular complexity index is 963. The lowest BCUT2D eigenvalue weighted by Crippen LogP contribution is -2.24. The molecule has 0 spiro atoms. The van der Waals surface area contributed by atoms with Gasteiger partial charge in [0.15, 0.2) is 11.5 Å². The van der Waals surface area contributed by atoms with Crippen molar-refractivity contribution in [1.29, 1.82) is 0 Å². The Morgan fingerprint density at radius 2 is 1.75 bits per heavy atom. The van der Waals surface area contributed by atoms with Crippen molar-refractivity contribution in [1.82, 2.24) is 20.3 Å². The highest BCUT2D eigenvalue weighted by Crippen LogP contribution is 2.30. The topological polar surface area (TPSA) is 98.3 Å².